The van der Waals surface area contributed by atoms with Gasteiger partial charge >= 0.3 is 0 Å². The van der Waals surface area contributed by atoms with Crippen molar-refractivity contribution in [1.29, 1.82) is 0 Å². The minimum atomic E-state index is -0.489. The maximum Gasteiger partial charge on any atom is 0.242 e. The van der Waals surface area contributed by atoms with Crippen molar-refractivity contribution in [2.75, 3.05) is 25.7 Å². The molecule has 0 radical (unpaired) electrons. The van der Waals surface area contributed by atoms with Crippen LogP contribution < -0.4 is 15.4 Å². The Labute approximate surface area is 153 Å². The first-order valence-corrected chi connectivity index (χ1v) is 9.75. The van der Waals surface area contributed by atoms with Gasteiger partial charge in [0, 0.05) is 19.5 Å². The number of hydrogen-bond donors (Lipinski definition) is 2. The molecule has 1 atom stereocenters. The van der Waals surface area contributed by atoms with E-state index in [0.717, 1.165) is 11.3 Å². The van der Waals surface area contributed by atoms with E-state index in [1.54, 1.807) is 31.8 Å². The molecule has 0 spiro atoms. The van der Waals surface area contributed by atoms with Crippen molar-refractivity contribution >= 4 is 23.6 Å². The first kappa shape index (κ1) is 21.3. The zero-order valence-electron chi connectivity index (χ0n) is 15.1. The van der Waals surface area contributed by atoms with E-state index in [1.165, 1.54) is 12.1 Å². The van der Waals surface area contributed by atoms with Crippen LogP contribution in [0.1, 0.15) is 31.2 Å². The zero-order valence-corrected chi connectivity index (χ0v) is 15.9. The molecule has 0 bridgehead atoms. The zero-order chi connectivity index (χ0) is 18.7. The predicted molar refractivity (Wildman–Crippen MR) is 99.5 cm³/mol. The molecule has 1 rings (SSSR count). The molecule has 0 saturated heterocycles. The second kappa shape index (κ2) is 11.7. The monoisotopic (exact) mass is 370 g/mol. The van der Waals surface area contributed by atoms with Crippen molar-refractivity contribution < 1.29 is 18.7 Å². The molecule has 0 aliphatic heterocycles. The highest BCUT2D eigenvalue weighted by atomic mass is 32.2. The SMILES string of the molecule is CNC(=O)C(CCSC)NC(=O)CCCCOc1cc(C)cc(F)c1. The molecule has 0 saturated carbocycles. The fourth-order valence-electron chi connectivity index (χ4n) is 2.31. The molecule has 0 fully saturated rings. The Morgan fingerprint density at radius 1 is 1.28 bits per heavy atom. The lowest BCUT2D eigenvalue weighted by Crippen LogP contribution is -2.46. The average Bonchev–Trinajstić information content (AvgIpc) is 2.56. The Kier molecular flexibility index (Phi) is 9.99. The number of carbonyl (C=O) groups is 2. The predicted octanol–water partition coefficient (Wildman–Crippen LogP) is 2.67. The smallest absolute Gasteiger partial charge is 0.242 e. The summed E-state index contributed by atoms with van der Waals surface area (Å²) in [7, 11) is 1.56. The molecule has 0 aliphatic rings. The van der Waals surface area contributed by atoms with Crippen LogP contribution in [-0.4, -0.2) is 43.5 Å². The fraction of sp³-hybridized carbons (Fsp3) is 0.556. The number of thioether (sulfide) groups is 1. The molecular weight excluding hydrogens is 343 g/mol. The molecule has 25 heavy (non-hydrogen) atoms. The van der Waals surface area contributed by atoms with Crippen molar-refractivity contribution in [1.82, 2.24) is 10.6 Å². The molecule has 5 nitrogen and oxygen atoms in total. The number of carbonyl (C=O) groups excluding carboxylic acids is 2. The minimum Gasteiger partial charge on any atom is -0.493 e. The van der Waals surface area contributed by atoms with Gasteiger partial charge in [0.15, 0.2) is 0 Å². The third-order valence-corrected chi connectivity index (χ3v) is 4.24. The van der Waals surface area contributed by atoms with Crippen molar-refractivity contribution in [3.63, 3.8) is 0 Å². The van der Waals surface area contributed by atoms with Crippen LogP contribution in [0.4, 0.5) is 4.39 Å². The van der Waals surface area contributed by atoms with E-state index >= 15 is 0 Å². The summed E-state index contributed by atoms with van der Waals surface area (Å²) < 4.78 is 18.7. The van der Waals surface area contributed by atoms with Gasteiger partial charge in [0.05, 0.1) is 6.61 Å². The fourth-order valence-corrected chi connectivity index (χ4v) is 2.78. The third-order valence-electron chi connectivity index (χ3n) is 3.59. The number of aryl methyl sites for hydroxylation is 1. The number of hydrogen-bond acceptors (Lipinski definition) is 4. The van der Waals surface area contributed by atoms with E-state index in [2.05, 4.69) is 10.6 Å². The van der Waals surface area contributed by atoms with Crippen LogP contribution in [0.15, 0.2) is 18.2 Å². The molecule has 1 aromatic rings. The summed E-state index contributed by atoms with van der Waals surface area (Å²) in [6.45, 7) is 2.22. The molecule has 1 aromatic carbocycles. The standard InChI is InChI=1S/C18H27FN2O3S/c1-13-10-14(19)12-15(11-13)24-8-5-4-6-17(22)21-16(7-9-25-3)18(23)20-2/h10-12,16H,4-9H2,1-3H3,(H,20,23)(H,21,22). The Morgan fingerprint density at radius 2 is 2.04 bits per heavy atom. The maximum atomic E-state index is 13.2. The first-order valence-electron chi connectivity index (χ1n) is 8.36. The summed E-state index contributed by atoms with van der Waals surface area (Å²) in [4.78, 5) is 23.7. The topological polar surface area (TPSA) is 67.4 Å². The van der Waals surface area contributed by atoms with Gasteiger partial charge in [-0.05, 0) is 55.9 Å². The normalized spacial score (nSPS) is 11.7. The van der Waals surface area contributed by atoms with Gasteiger partial charge in [0.1, 0.15) is 17.6 Å². The highest BCUT2D eigenvalue weighted by Crippen LogP contribution is 2.16. The summed E-state index contributed by atoms with van der Waals surface area (Å²) in [6.07, 6.45) is 4.22. The minimum absolute atomic E-state index is 0.142. The van der Waals surface area contributed by atoms with Crippen LogP contribution in [0.25, 0.3) is 0 Å². The molecule has 140 valence electrons. The van der Waals surface area contributed by atoms with Crippen molar-refractivity contribution in [2.45, 2.75) is 38.6 Å². The lowest BCUT2D eigenvalue weighted by molar-refractivity contribution is -0.128. The molecule has 0 aliphatic carbocycles. The maximum absolute atomic E-state index is 13.2. The van der Waals surface area contributed by atoms with Gasteiger partial charge in [0.2, 0.25) is 11.8 Å². The van der Waals surface area contributed by atoms with Crippen LogP contribution in [0, 0.1) is 12.7 Å². The summed E-state index contributed by atoms with van der Waals surface area (Å²) in [6, 6.07) is 4.07. The van der Waals surface area contributed by atoms with Gasteiger partial charge in [-0.25, -0.2) is 4.39 Å². The highest BCUT2D eigenvalue weighted by molar-refractivity contribution is 7.98. The molecule has 0 heterocycles. The molecule has 2 amide bonds. The number of amides is 2. The first-order chi connectivity index (χ1) is 12.0. The van der Waals surface area contributed by atoms with Gasteiger partial charge in [-0.2, -0.15) is 11.8 Å². The van der Waals surface area contributed by atoms with Gasteiger partial charge in [-0.1, -0.05) is 0 Å². The molecular formula is C18H27FN2O3S. The number of likely N-dealkylation sites (N-methyl/N-ethyl adjacent to an activating group) is 1. The van der Waals surface area contributed by atoms with Gasteiger partial charge in [0.25, 0.3) is 0 Å². The Balaban J connectivity index is 2.27. The summed E-state index contributed by atoms with van der Waals surface area (Å²) in [5.74, 6) is 0.668. The van der Waals surface area contributed by atoms with Crippen LogP contribution in [0.5, 0.6) is 5.75 Å². The second-order valence-electron chi connectivity index (χ2n) is 5.79. The van der Waals surface area contributed by atoms with E-state index < -0.39 is 6.04 Å². The Morgan fingerprint density at radius 3 is 2.68 bits per heavy atom. The Hall–Kier alpha value is -1.76. The molecule has 1 unspecified atom stereocenters. The van der Waals surface area contributed by atoms with Gasteiger partial charge in [-0.3, -0.25) is 9.59 Å². The van der Waals surface area contributed by atoms with Gasteiger partial charge < -0.3 is 15.4 Å². The van der Waals surface area contributed by atoms with Crippen LogP contribution in [0.3, 0.4) is 0 Å². The van der Waals surface area contributed by atoms with Crippen LogP contribution in [0.2, 0.25) is 0 Å². The van der Waals surface area contributed by atoms with Crippen LogP contribution in [-0.2, 0) is 9.59 Å². The van der Waals surface area contributed by atoms with Crippen molar-refractivity contribution in [3.8, 4) is 5.75 Å². The number of halogens is 1. The number of rotatable bonds is 11. The van der Waals surface area contributed by atoms with E-state index in [9.17, 15) is 14.0 Å². The van der Waals surface area contributed by atoms with E-state index in [0.29, 0.717) is 38.0 Å². The largest absolute Gasteiger partial charge is 0.493 e. The van der Waals surface area contributed by atoms with Crippen molar-refractivity contribution in [2.24, 2.45) is 0 Å². The lowest BCUT2D eigenvalue weighted by atomic mass is 10.2. The van der Waals surface area contributed by atoms with Crippen molar-refractivity contribution in [3.05, 3.63) is 29.6 Å². The van der Waals surface area contributed by atoms with Gasteiger partial charge in [-0.15, -0.1) is 0 Å². The third kappa shape index (κ3) is 8.77. The molecule has 2 N–H and O–H groups in total. The summed E-state index contributed by atoms with van der Waals surface area (Å²) in [5.41, 5.74) is 0.805. The number of ether oxygens (including phenoxy) is 1. The van der Waals surface area contributed by atoms with E-state index in [1.807, 2.05) is 6.26 Å². The molecule has 0 aromatic heterocycles. The quantitative estimate of drug-likeness (QED) is 0.588. The number of benzene rings is 1. The van der Waals surface area contributed by atoms with E-state index in [-0.39, 0.29) is 17.6 Å². The lowest BCUT2D eigenvalue weighted by Gasteiger charge is -2.16. The Bertz CT molecular complexity index is 549. The average molecular weight is 370 g/mol. The summed E-state index contributed by atoms with van der Waals surface area (Å²) in [5, 5.41) is 5.34. The van der Waals surface area contributed by atoms with Crippen LogP contribution >= 0.6 is 11.8 Å². The number of unbranched alkanes of at least 4 members (excludes halogenated alkanes) is 1. The number of nitrogens with one attached hydrogen (secondary N) is 2. The molecule has 7 heteroatoms. The van der Waals surface area contributed by atoms with E-state index in [4.69, 9.17) is 4.74 Å². The second-order valence-corrected chi connectivity index (χ2v) is 6.77. The highest BCUT2D eigenvalue weighted by Gasteiger charge is 2.18. The summed E-state index contributed by atoms with van der Waals surface area (Å²) >= 11 is 1.63.